The lowest BCUT2D eigenvalue weighted by molar-refractivity contribution is 0.414. The first-order valence-corrected chi connectivity index (χ1v) is 6.40. The minimum atomic E-state index is 0.777. The van der Waals surface area contributed by atoms with Gasteiger partial charge in [0.1, 0.15) is 11.6 Å². The van der Waals surface area contributed by atoms with E-state index >= 15 is 0 Å². The average Bonchev–Trinajstić information content (AvgIpc) is 2.44. The van der Waals surface area contributed by atoms with Crippen LogP contribution in [0.3, 0.4) is 0 Å². The fraction of sp³-hybridized carbons (Fsp3) is 0.333. The molecule has 0 unspecified atom stereocenters. The highest BCUT2D eigenvalue weighted by Crippen LogP contribution is 2.11. The lowest BCUT2D eigenvalue weighted by Gasteiger charge is -2.06. The minimum absolute atomic E-state index is 0.777. The smallest absolute Gasteiger partial charge is 0.125 e. The van der Waals surface area contributed by atoms with E-state index in [-0.39, 0.29) is 0 Å². The minimum Gasteiger partial charge on any atom is -0.497 e. The monoisotopic (exact) mass is 257 g/mol. The van der Waals surface area contributed by atoms with E-state index in [0.717, 1.165) is 36.8 Å². The number of benzene rings is 1. The lowest BCUT2D eigenvalue weighted by atomic mass is 10.1. The van der Waals surface area contributed by atoms with Crippen molar-refractivity contribution in [2.24, 2.45) is 0 Å². The maximum atomic E-state index is 5.13. The van der Waals surface area contributed by atoms with Gasteiger partial charge in [0.05, 0.1) is 12.8 Å². The Morgan fingerprint density at radius 3 is 2.63 bits per heavy atom. The van der Waals surface area contributed by atoms with E-state index in [0.29, 0.717) is 0 Å². The Morgan fingerprint density at radius 1 is 1.16 bits per heavy atom. The second-order valence-electron chi connectivity index (χ2n) is 4.37. The number of methoxy groups -OCH3 is 1. The molecule has 0 amide bonds. The molecule has 19 heavy (non-hydrogen) atoms. The van der Waals surface area contributed by atoms with Gasteiger partial charge < -0.3 is 10.1 Å². The molecule has 0 saturated heterocycles. The quantitative estimate of drug-likeness (QED) is 0.805. The van der Waals surface area contributed by atoms with Gasteiger partial charge in [-0.25, -0.2) is 9.97 Å². The highest BCUT2D eigenvalue weighted by molar-refractivity contribution is 5.27. The Kier molecular flexibility index (Phi) is 4.86. The van der Waals surface area contributed by atoms with Crippen LogP contribution in [-0.4, -0.2) is 23.6 Å². The summed E-state index contributed by atoms with van der Waals surface area (Å²) in [4.78, 5) is 8.43. The van der Waals surface area contributed by atoms with Crippen molar-refractivity contribution in [3.05, 3.63) is 53.6 Å². The molecule has 0 fully saturated rings. The van der Waals surface area contributed by atoms with E-state index in [1.165, 1.54) is 5.56 Å². The molecule has 0 aliphatic rings. The normalized spacial score (nSPS) is 10.4. The molecular weight excluding hydrogens is 238 g/mol. The molecule has 0 aliphatic carbocycles. The van der Waals surface area contributed by atoms with E-state index in [1.807, 2.05) is 25.1 Å². The molecule has 100 valence electrons. The van der Waals surface area contributed by atoms with Crippen LogP contribution in [0.2, 0.25) is 0 Å². The molecule has 2 aromatic rings. The summed E-state index contributed by atoms with van der Waals surface area (Å²) in [6, 6.07) is 10.1. The predicted molar refractivity (Wildman–Crippen MR) is 75.2 cm³/mol. The molecule has 1 heterocycles. The summed E-state index contributed by atoms with van der Waals surface area (Å²) in [6.07, 6.45) is 2.79. The Labute approximate surface area is 113 Å². The van der Waals surface area contributed by atoms with Crippen LogP contribution in [-0.2, 0) is 13.0 Å². The zero-order valence-corrected chi connectivity index (χ0v) is 11.4. The highest BCUT2D eigenvalue weighted by Gasteiger charge is 1.97. The van der Waals surface area contributed by atoms with E-state index in [2.05, 4.69) is 27.4 Å². The molecule has 0 saturated carbocycles. The summed E-state index contributed by atoms with van der Waals surface area (Å²) in [5, 5.41) is 3.38. The molecule has 0 spiro atoms. The van der Waals surface area contributed by atoms with E-state index in [1.54, 1.807) is 13.3 Å². The topological polar surface area (TPSA) is 47.0 Å². The molecular formula is C15H19N3O. The summed E-state index contributed by atoms with van der Waals surface area (Å²) >= 11 is 0. The number of hydrogen-bond acceptors (Lipinski definition) is 4. The van der Waals surface area contributed by atoms with Gasteiger partial charge in [0.2, 0.25) is 0 Å². The van der Waals surface area contributed by atoms with Crippen molar-refractivity contribution in [2.75, 3.05) is 13.7 Å². The number of hydrogen-bond donors (Lipinski definition) is 1. The van der Waals surface area contributed by atoms with Crippen LogP contribution in [0.25, 0.3) is 0 Å². The summed E-state index contributed by atoms with van der Waals surface area (Å²) < 4.78 is 5.13. The van der Waals surface area contributed by atoms with Crippen LogP contribution in [0.5, 0.6) is 5.75 Å². The number of nitrogens with one attached hydrogen (secondary N) is 1. The van der Waals surface area contributed by atoms with Crippen molar-refractivity contribution in [1.29, 1.82) is 0 Å². The van der Waals surface area contributed by atoms with Gasteiger partial charge in [0, 0.05) is 12.7 Å². The van der Waals surface area contributed by atoms with E-state index in [9.17, 15) is 0 Å². The molecule has 0 bridgehead atoms. The summed E-state index contributed by atoms with van der Waals surface area (Å²) in [5.74, 6) is 1.71. The number of aromatic nitrogens is 2. The van der Waals surface area contributed by atoms with Crippen molar-refractivity contribution in [3.8, 4) is 5.75 Å². The van der Waals surface area contributed by atoms with Gasteiger partial charge in [-0.3, -0.25) is 0 Å². The molecule has 1 aromatic carbocycles. The SMILES string of the molecule is COc1ccc(CCNCc2ccnc(C)n2)cc1. The average molecular weight is 257 g/mol. The first kappa shape index (κ1) is 13.5. The van der Waals surface area contributed by atoms with Crippen molar-refractivity contribution in [1.82, 2.24) is 15.3 Å². The summed E-state index contributed by atoms with van der Waals surface area (Å²) in [5.41, 5.74) is 2.33. The molecule has 0 atom stereocenters. The maximum absolute atomic E-state index is 5.13. The number of nitrogens with zero attached hydrogens (tertiary/aromatic N) is 2. The van der Waals surface area contributed by atoms with Gasteiger partial charge in [0.25, 0.3) is 0 Å². The number of ether oxygens (including phenoxy) is 1. The number of aryl methyl sites for hydroxylation is 1. The first-order chi connectivity index (χ1) is 9.28. The van der Waals surface area contributed by atoms with Crippen molar-refractivity contribution in [2.45, 2.75) is 19.9 Å². The fourth-order valence-electron chi connectivity index (χ4n) is 1.84. The fourth-order valence-corrected chi connectivity index (χ4v) is 1.84. The molecule has 1 aromatic heterocycles. The van der Waals surface area contributed by atoms with Crippen LogP contribution in [0.1, 0.15) is 17.1 Å². The second kappa shape index (κ2) is 6.85. The lowest BCUT2D eigenvalue weighted by Crippen LogP contribution is -2.17. The van der Waals surface area contributed by atoms with Gasteiger partial charge in [-0.05, 0) is 43.7 Å². The summed E-state index contributed by atoms with van der Waals surface area (Å²) in [6.45, 7) is 3.61. The predicted octanol–water partition coefficient (Wildman–Crippen LogP) is 2.13. The van der Waals surface area contributed by atoms with Gasteiger partial charge in [-0.1, -0.05) is 12.1 Å². The third kappa shape index (κ3) is 4.34. The van der Waals surface area contributed by atoms with Crippen LogP contribution in [0.4, 0.5) is 0 Å². The Bertz CT molecular complexity index is 511. The highest BCUT2D eigenvalue weighted by atomic mass is 16.5. The zero-order chi connectivity index (χ0) is 13.5. The maximum Gasteiger partial charge on any atom is 0.125 e. The molecule has 0 radical (unpaired) electrons. The van der Waals surface area contributed by atoms with Gasteiger partial charge in [-0.15, -0.1) is 0 Å². The Balaban J connectivity index is 1.74. The van der Waals surface area contributed by atoms with E-state index < -0.39 is 0 Å². The molecule has 1 N–H and O–H groups in total. The third-order valence-electron chi connectivity index (χ3n) is 2.89. The van der Waals surface area contributed by atoms with Gasteiger partial charge in [0.15, 0.2) is 0 Å². The largest absolute Gasteiger partial charge is 0.497 e. The second-order valence-corrected chi connectivity index (χ2v) is 4.37. The van der Waals surface area contributed by atoms with Gasteiger partial charge >= 0.3 is 0 Å². The van der Waals surface area contributed by atoms with Crippen molar-refractivity contribution < 1.29 is 4.74 Å². The molecule has 4 heteroatoms. The van der Waals surface area contributed by atoms with Crippen molar-refractivity contribution >= 4 is 0 Å². The van der Waals surface area contributed by atoms with Crippen molar-refractivity contribution in [3.63, 3.8) is 0 Å². The standard InChI is InChI=1S/C15H19N3O/c1-12-17-10-8-14(18-12)11-16-9-7-13-3-5-15(19-2)6-4-13/h3-6,8,10,16H,7,9,11H2,1-2H3. The number of rotatable bonds is 6. The van der Waals surface area contributed by atoms with E-state index in [4.69, 9.17) is 4.74 Å². The van der Waals surface area contributed by atoms with Gasteiger partial charge in [-0.2, -0.15) is 0 Å². The van der Waals surface area contributed by atoms with Crippen LogP contribution < -0.4 is 10.1 Å². The summed E-state index contributed by atoms with van der Waals surface area (Å²) in [7, 11) is 1.68. The third-order valence-corrected chi connectivity index (χ3v) is 2.89. The molecule has 4 nitrogen and oxygen atoms in total. The zero-order valence-electron chi connectivity index (χ0n) is 11.4. The molecule has 2 rings (SSSR count). The first-order valence-electron chi connectivity index (χ1n) is 6.40. The van der Waals surface area contributed by atoms with Crippen LogP contribution in [0.15, 0.2) is 36.5 Å². The van der Waals surface area contributed by atoms with Crippen LogP contribution >= 0.6 is 0 Å². The Hall–Kier alpha value is -1.94. The van der Waals surface area contributed by atoms with Crippen LogP contribution in [0, 0.1) is 6.92 Å². The molecule has 0 aliphatic heterocycles. The Morgan fingerprint density at radius 2 is 1.95 bits per heavy atom.